The average Bonchev–Trinajstić information content (AvgIpc) is 3.03. The van der Waals surface area contributed by atoms with Crippen molar-refractivity contribution in [3.63, 3.8) is 0 Å². The number of ether oxygens (including phenoxy) is 1. The number of thioether (sulfide) groups is 1. The van der Waals surface area contributed by atoms with Gasteiger partial charge in [-0.1, -0.05) is 35.4 Å². The number of hydrogen-bond acceptors (Lipinski definition) is 3. The van der Waals surface area contributed by atoms with Crippen LogP contribution in [0.2, 0.25) is 5.02 Å². The van der Waals surface area contributed by atoms with Crippen LogP contribution in [0.1, 0.15) is 22.1 Å². The van der Waals surface area contributed by atoms with Crippen molar-refractivity contribution < 1.29 is 9.53 Å². The number of aryl methyl sites for hydroxylation is 2. The fourth-order valence-corrected chi connectivity index (χ4v) is 4.34. The first-order valence-electron chi connectivity index (χ1n) is 7.91. The third-order valence-corrected chi connectivity index (χ3v) is 5.57. The van der Waals surface area contributed by atoms with E-state index in [0.29, 0.717) is 10.8 Å². The molecule has 0 spiro atoms. The van der Waals surface area contributed by atoms with Crippen LogP contribution < -0.4 is 4.74 Å². The highest BCUT2D eigenvalue weighted by atomic mass is 35.5. The molecule has 0 saturated carbocycles. The summed E-state index contributed by atoms with van der Waals surface area (Å²) in [6.07, 6.45) is 0. The summed E-state index contributed by atoms with van der Waals surface area (Å²) in [4.78, 5) is 14.5. The van der Waals surface area contributed by atoms with Gasteiger partial charge >= 0.3 is 0 Å². The maximum Gasteiger partial charge on any atom is 0.261 e. The number of nitrogens with zero attached hydrogens (tertiary/aromatic N) is 1. The van der Waals surface area contributed by atoms with Gasteiger partial charge in [0.15, 0.2) is 6.61 Å². The number of carbonyl (C=O) groups is 1. The predicted molar refractivity (Wildman–Crippen MR) is 99.8 cm³/mol. The first-order valence-corrected chi connectivity index (χ1v) is 9.34. The Morgan fingerprint density at radius 1 is 1.25 bits per heavy atom. The minimum atomic E-state index is 0.0138. The lowest BCUT2D eigenvalue weighted by molar-refractivity contribution is -0.133. The molecule has 1 unspecified atom stereocenters. The molecule has 126 valence electrons. The Morgan fingerprint density at radius 2 is 2.00 bits per heavy atom. The molecule has 3 nitrogen and oxygen atoms in total. The van der Waals surface area contributed by atoms with Crippen molar-refractivity contribution >= 4 is 29.3 Å². The minimum Gasteiger partial charge on any atom is -0.484 e. The molecule has 2 aromatic rings. The Hall–Kier alpha value is -1.65. The summed E-state index contributed by atoms with van der Waals surface area (Å²) in [6.45, 7) is 4.99. The smallest absolute Gasteiger partial charge is 0.261 e. The van der Waals surface area contributed by atoms with Crippen LogP contribution in [-0.2, 0) is 4.79 Å². The molecular formula is C19H20ClNO2S. The number of rotatable bonds is 4. The van der Waals surface area contributed by atoms with E-state index < -0.39 is 0 Å². The van der Waals surface area contributed by atoms with Gasteiger partial charge in [-0.3, -0.25) is 4.79 Å². The summed E-state index contributed by atoms with van der Waals surface area (Å²) < 4.78 is 5.61. The van der Waals surface area contributed by atoms with Crippen molar-refractivity contribution in [3.05, 3.63) is 64.2 Å². The second-order valence-electron chi connectivity index (χ2n) is 5.91. The maximum atomic E-state index is 12.6. The van der Waals surface area contributed by atoms with Crippen LogP contribution in [0, 0.1) is 13.8 Å². The average molecular weight is 362 g/mol. The molecule has 1 fully saturated rings. The van der Waals surface area contributed by atoms with Crippen LogP contribution in [0.3, 0.4) is 0 Å². The van der Waals surface area contributed by atoms with Crippen molar-refractivity contribution in [2.75, 3.05) is 18.9 Å². The number of carbonyl (C=O) groups excluding carboxylic acids is 1. The van der Waals surface area contributed by atoms with E-state index in [4.69, 9.17) is 16.3 Å². The highest BCUT2D eigenvalue weighted by Gasteiger charge is 2.31. The van der Waals surface area contributed by atoms with Gasteiger partial charge in [-0.2, -0.15) is 0 Å². The fourth-order valence-electron chi connectivity index (χ4n) is 2.84. The monoisotopic (exact) mass is 361 g/mol. The Morgan fingerprint density at radius 3 is 2.71 bits per heavy atom. The van der Waals surface area contributed by atoms with E-state index in [1.54, 1.807) is 24.3 Å². The second kappa shape index (κ2) is 7.49. The molecule has 0 radical (unpaired) electrons. The van der Waals surface area contributed by atoms with Crippen molar-refractivity contribution in [2.45, 2.75) is 19.2 Å². The van der Waals surface area contributed by atoms with Crippen LogP contribution >= 0.6 is 23.4 Å². The molecule has 2 aromatic carbocycles. The molecule has 1 saturated heterocycles. The van der Waals surface area contributed by atoms with Gasteiger partial charge in [-0.05, 0) is 49.2 Å². The molecule has 1 aliphatic heterocycles. The number of halogens is 1. The molecule has 1 atom stereocenters. The summed E-state index contributed by atoms with van der Waals surface area (Å²) in [7, 11) is 0. The third kappa shape index (κ3) is 3.87. The number of benzene rings is 2. The van der Waals surface area contributed by atoms with E-state index in [0.717, 1.165) is 12.3 Å². The molecule has 3 rings (SSSR count). The Kier molecular flexibility index (Phi) is 5.36. The van der Waals surface area contributed by atoms with Crippen LogP contribution in [0.25, 0.3) is 0 Å². The van der Waals surface area contributed by atoms with Gasteiger partial charge < -0.3 is 9.64 Å². The van der Waals surface area contributed by atoms with Crippen molar-refractivity contribution in [1.29, 1.82) is 0 Å². The lowest BCUT2D eigenvalue weighted by Crippen LogP contribution is -2.34. The van der Waals surface area contributed by atoms with Gasteiger partial charge in [0.05, 0.1) is 0 Å². The molecule has 1 aliphatic rings. The van der Waals surface area contributed by atoms with Gasteiger partial charge in [0.1, 0.15) is 11.1 Å². The second-order valence-corrected chi connectivity index (χ2v) is 7.54. The van der Waals surface area contributed by atoms with E-state index in [1.807, 2.05) is 16.7 Å². The highest BCUT2D eigenvalue weighted by molar-refractivity contribution is 7.99. The Labute approximate surface area is 151 Å². The molecule has 5 heteroatoms. The predicted octanol–water partition coefficient (Wildman–Crippen LogP) is 4.61. The largest absolute Gasteiger partial charge is 0.484 e. The third-order valence-electron chi connectivity index (χ3n) is 4.08. The van der Waals surface area contributed by atoms with Gasteiger partial charge in [0.25, 0.3) is 5.91 Å². The molecule has 1 amide bonds. The standard InChI is InChI=1S/C19H20ClNO2S/c1-13-3-8-17(14(2)11-13)19-21(9-10-24-19)18(22)12-23-16-6-4-15(20)5-7-16/h3-8,11,19H,9-10,12H2,1-2H3. The van der Waals surface area contributed by atoms with E-state index in [2.05, 4.69) is 32.0 Å². The SMILES string of the molecule is Cc1ccc(C2SCCN2C(=O)COc2ccc(Cl)cc2)c(C)c1. The fraction of sp³-hybridized carbons (Fsp3) is 0.316. The van der Waals surface area contributed by atoms with Crippen LogP contribution in [0.4, 0.5) is 0 Å². The Balaban J connectivity index is 1.68. The molecule has 24 heavy (non-hydrogen) atoms. The molecular weight excluding hydrogens is 342 g/mol. The van der Waals surface area contributed by atoms with E-state index in [-0.39, 0.29) is 17.9 Å². The maximum absolute atomic E-state index is 12.6. The summed E-state index contributed by atoms with van der Waals surface area (Å²) in [5, 5.41) is 0.728. The zero-order valence-electron chi connectivity index (χ0n) is 13.8. The topological polar surface area (TPSA) is 29.5 Å². The Bertz CT molecular complexity index is 733. The van der Waals surface area contributed by atoms with Gasteiger partial charge in [-0.15, -0.1) is 11.8 Å². The van der Waals surface area contributed by atoms with Crippen molar-refractivity contribution in [1.82, 2.24) is 4.90 Å². The number of hydrogen-bond donors (Lipinski definition) is 0. The molecule has 1 heterocycles. The summed E-state index contributed by atoms with van der Waals surface area (Å²) >= 11 is 7.66. The van der Waals surface area contributed by atoms with E-state index in [1.165, 1.54) is 16.7 Å². The van der Waals surface area contributed by atoms with Crippen LogP contribution in [-0.4, -0.2) is 29.7 Å². The molecule has 0 bridgehead atoms. The normalized spacial score (nSPS) is 17.1. The van der Waals surface area contributed by atoms with Gasteiger partial charge in [0, 0.05) is 17.3 Å². The van der Waals surface area contributed by atoms with Crippen LogP contribution in [0.5, 0.6) is 5.75 Å². The van der Waals surface area contributed by atoms with Crippen molar-refractivity contribution in [2.24, 2.45) is 0 Å². The summed E-state index contributed by atoms with van der Waals surface area (Å²) in [5.41, 5.74) is 3.68. The molecule has 0 aliphatic carbocycles. The highest BCUT2D eigenvalue weighted by Crippen LogP contribution is 2.39. The molecule has 0 N–H and O–H groups in total. The summed E-state index contributed by atoms with van der Waals surface area (Å²) in [6, 6.07) is 13.5. The zero-order valence-corrected chi connectivity index (χ0v) is 15.4. The van der Waals surface area contributed by atoms with Crippen molar-refractivity contribution in [3.8, 4) is 5.75 Å². The zero-order chi connectivity index (χ0) is 17.1. The number of amides is 1. The first kappa shape index (κ1) is 17.2. The summed E-state index contributed by atoms with van der Waals surface area (Å²) in [5.74, 6) is 1.62. The van der Waals surface area contributed by atoms with E-state index >= 15 is 0 Å². The minimum absolute atomic E-state index is 0.0138. The van der Waals surface area contributed by atoms with Gasteiger partial charge in [0.2, 0.25) is 0 Å². The van der Waals surface area contributed by atoms with Gasteiger partial charge in [-0.25, -0.2) is 0 Å². The first-order chi connectivity index (χ1) is 11.5. The molecule has 0 aromatic heterocycles. The van der Waals surface area contributed by atoms with E-state index in [9.17, 15) is 4.79 Å². The lowest BCUT2D eigenvalue weighted by atomic mass is 10.1. The quantitative estimate of drug-likeness (QED) is 0.796. The lowest BCUT2D eigenvalue weighted by Gasteiger charge is -2.25. The van der Waals surface area contributed by atoms with Crippen LogP contribution in [0.15, 0.2) is 42.5 Å².